The Bertz CT molecular complexity index is 1250. The van der Waals surface area contributed by atoms with Crippen molar-refractivity contribution in [3.63, 3.8) is 0 Å². The lowest BCUT2D eigenvalue weighted by atomic mass is 9.87. The van der Waals surface area contributed by atoms with Crippen molar-refractivity contribution in [2.45, 2.75) is 26.2 Å². The normalized spacial score (nSPS) is 17.7. The fourth-order valence-corrected chi connectivity index (χ4v) is 6.05. The van der Waals surface area contributed by atoms with Gasteiger partial charge in [-0.2, -0.15) is 0 Å². The van der Waals surface area contributed by atoms with Gasteiger partial charge >= 0.3 is 0 Å². The SMILES string of the molecule is CC1CCc2c(sc3nc(-c4ccc5c(c4)OCCO5)cc(-c4ccccc4)c23)C1. The van der Waals surface area contributed by atoms with Crippen molar-refractivity contribution in [2.75, 3.05) is 13.2 Å². The summed E-state index contributed by atoms with van der Waals surface area (Å²) in [5, 5.41) is 1.36. The molecule has 6 rings (SSSR count). The molecule has 0 N–H and O–H groups in total. The zero-order valence-corrected chi connectivity index (χ0v) is 17.8. The van der Waals surface area contributed by atoms with E-state index in [1.54, 1.807) is 0 Å². The van der Waals surface area contributed by atoms with Crippen molar-refractivity contribution < 1.29 is 9.47 Å². The van der Waals surface area contributed by atoms with Crippen LogP contribution in [-0.2, 0) is 12.8 Å². The number of benzene rings is 2. The largest absolute Gasteiger partial charge is 0.486 e. The van der Waals surface area contributed by atoms with Crippen molar-refractivity contribution in [1.82, 2.24) is 4.98 Å². The molecule has 3 nitrogen and oxygen atoms in total. The van der Waals surface area contributed by atoms with Crippen molar-refractivity contribution >= 4 is 21.6 Å². The molecular formula is C26H23NO2S. The average molecular weight is 414 g/mol. The number of hydrogen-bond donors (Lipinski definition) is 0. The Morgan fingerprint density at radius 2 is 1.77 bits per heavy atom. The van der Waals surface area contributed by atoms with Crippen LogP contribution in [0.4, 0.5) is 0 Å². The molecule has 1 aliphatic carbocycles. The molecule has 0 amide bonds. The number of thiophene rings is 1. The average Bonchev–Trinajstić information content (AvgIpc) is 3.16. The molecule has 1 atom stereocenters. The van der Waals surface area contributed by atoms with Gasteiger partial charge in [-0.05, 0) is 66.1 Å². The van der Waals surface area contributed by atoms with E-state index in [9.17, 15) is 0 Å². The Morgan fingerprint density at radius 3 is 2.63 bits per heavy atom. The summed E-state index contributed by atoms with van der Waals surface area (Å²) in [4.78, 5) is 7.81. The number of ether oxygens (including phenoxy) is 2. The summed E-state index contributed by atoms with van der Waals surface area (Å²) >= 11 is 1.88. The van der Waals surface area contributed by atoms with Crippen molar-refractivity contribution in [3.05, 3.63) is 65.0 Å². The van der Waals surface area contributed by atoms with Crippen LogP contribution in [0.5, 0.6) is 11.5 Å². The molecule has 0 radical (unpaired) electrons. The highest BCUT2D eigenvalue weighted by atomic mass is 32.1. The second-order valence-corrected chi connectivity index (χ2v) is 9.40. The number of fused-ring (bicyclic) bond motifs is 4. The number of rotatable bonds is 2. The Balaban J connectivity index is 1.58. The highest BCUT2D eigenvalue weighted by molar-refractivity contribution is 7.19. The van der Waals surface area contributed by atoms with Gasteiger partial charge in [-0.15, -0.1) is 11.3 Å². The first-order valence-electron chi connectivity index (χ1n) is 10.7. The molecule has 0 saturated carbocycles. The second kappa shape index (κ2) is 7.13. The highest BCUT2D eigenvalue weighted by Gasteiger charge is 2.24. The number of hydrogen-bond acceptors (Lipinski definition) is 4. The van der Waals surface area contributed by atoms with E-state index in [-0.39, 0.29) is 0 Å². The quantitative estimate of drug-likeness (QED) is 0.374. The zero-order valence-electron chi connectivity index (χ0n) is 17.0. The monoisotopic (exact) mass is 413 g/mol. The summed E-state index contributed by atoms with van der Waals surface area (Å²) in [6, 6.07) is 19.1. The van der Waals surface area contributed by atoms with Crippen molar-refractivity contribution in [1.29, 1.82) is 0 Å². The lowest BCUT2D eigenvalue weighted by Crippen LogP contribution is -2.15. The summed E-state index contributed by atoms with van der Waals surface area (Å²) in [6.45, 7) is 3.56. The van der Waals surface area contributed by atoms with Gasteiger partial charge in [-0.25, -0.2) is 4.98 Å². The molecule has 1 aliphatic heterocycles. The van der Waals surface area contributed by atoms with E-state index in [0.29, 0.717) is 13.2 Å². The number of pyridine rings is 1. The number of aryl methyl sites for hydroxylation is 1. The van der Waals surface area contributed by atoms with E-state index in [4.69, 9.17) is 14.5 Å². The van der Waals surface area contributed by atoms with Crippen LogP contribution in [0, 0.1) is 5.92 Å². The van der Waals surface area contributed by atoms with E-state index in [1.165, 1.54) is 39.8 Å². The fourth-order valence-electron chi connectivity index (χ4n) is 4.64. The molecule has 30 heavy (non-hydrogen) atoms. The third kappa shape index (κ3) is 2.98. The molecule has 4 heteroatoms. The van der Waals surface area contributed by atoms with Crippen LogP contribution in [0.3, 0.4) is 0 Å². The zero-order chi connectivity index (χ0) is 20.1. The molecule has 3 heterocycles. The van der Waals surface area contributed by atoms with Crippen LogP contribution in [0.1, 0.15) is 23.8 Å². The molecular weight excluding hydrogens is 390 g/mol. The van der Waals surface area contributed by atoms with Gasteiger partial charge in [-0.1, -0.05) is 37.3 Å². The molecule has 4 aromatic rings. The molecule has 2 aliphatic rings. The van der Waals surface area contributed by atoms with E-state index in [2.05, 4.69) is 55.5 Å². The predicted molar refractivity (Wildman–Crippen MR) is 123 cm³/mol. The maximum absolute atomic E-state index is 5.82. The van der Waals surface area contributed by atoms with Gasteiger partial charge < -0.3 is 9.47 Å². The molecule has 150 valence electrons. The number of aromatic nitrogens is 1. The van der Waals surface area contributed by atoms with Gasteiger partial charge in [0.1, 0.15) is 18.0 Å². The first-order valence-corrected chi connectivity index (χ1v) is 11.5. The number of nitrogens with zero attached hydrogens (tertiary/aromatic N) is 1. The molecule has 0 bridgehead atoms. The van der Waals surface area contributed by atoms with Gasteiger partial charge in [-0.3, -0.25) is 0 Å². The minimum Gasteiger partial charge on any atom is -0.486 e. The smallest absolute Gasteiger partial charge is 0.162 e. The summed E-state index contributed by atoms with van der Waals surface area (Å²) in [7, 11) is 0. The Hall–Kier alpha value is -2.85. The minimum absolute atomic E-state index is 0.591. The van der Waals surface area contributed by atoms with Crippen LogP contribution in [0.2, 0.25) is 0 Å². The van der Waals surface area contributed by atoms with Crippen LogP contribution in [-0.4, -0.2) is 18.2 Å². The molecule has 0 saturated heterocycles. The Morgan fingerprint density at radius 1 is 0.933 bits per heavy atom. The van der Waals surface area contributed by atoms with Crippen molar-refractivity contribution in [3.8, 4) is 33.9 Å². The summed E-state index contributed by atoms with van der Waals surface area (Å²) in [5.74, 6) is 2.37. The standard InChI is InChI=1S/C26H23NO2S/c1-16-7-9-19-24(13-16)30-26-25(19)20(17-5-3-2-4-6-17)15-21(27-26)18-8-10-22-23(14-18)29-12-11-28-22/h2-6,8,10,14-16H,7,9,11-13H2,1H3. The van der Waals surface area contributed by atoms with Crippen LogP contribution < -0.4 is 9.47 Å². The van der Waals surface area contributed by atoms with E-state index in [1.807, 2.05) is 17.4 Å². The highest BCUT2D eigenvalue weighted by Crippen LogP contribution is 2.44. The lowest BCUT2D eigenvalue weighted by molar-refractivity contribution is 0.171. The third-order valence-electron chi connectivity index (χ3n) is 6.19. The molecule has 0 spiro atoms. The summed E-state index contributed by atoms with van der Waals surface area (Å²) in [5.41, 5.74) is 6.12. The summed E-state index contributed by atoms with van der Waals surface area (Å²) < 4.78 is 11.5. The van der Waals surface area contributed by atoms with Gasteiger partial charge in [0.2, 0.25) is 0 Å². The summed E-state index contributed by atoms with van der Waals surface area (Å²) in [6.07, 6.45) is 3.59. The topological polar surface area (TPSA) is 31.4 Å². The van der Waals surface area contributed by atoms with Gasteiger partial charge in [0.05, 0.1) is 5.69 Å². The Labute approximate surface area is 180 Å². The molecule has 0 fully saturated rings. The second-order valence-electron chi connectivity index (χ2n) is 8.31. The predicted octanol–water partition coefficient (Wildman–Crippen LogP) is 6.53. The first kappa shape index (κ1) is 18.0. The maximum atomic E-state index is 5.82. The Kier molecular flexibility index (Phi) is 4.27. The molecule has 1 unspecified atom stereocenters. The lowest BCUT2D eigenvalue weighted by Gasteiger charge is -2.19. The first-order chi connectivity index (χ1) is 14.8. The van der Waals surface area contributed by atoms with E-state index >= 15 is 0 Å². The minimum atomic E-state index is 0.591. The van der Waals surface area contributed by atoms with Crippen LogP contribution >= 0.6 is 11.3 Å². The third-order valence-corrected chi connectivity index (χ3v) is 7.34. The van der Waals surface area contributed by atoms with Gasteiger partial charge in [0.25, 0.3) is 0 Å². The van der Waals surface area contributed by atoms with Crippen molar-refractivity contribution in [2.24, 2.45) is 5.92 Å². The van der Waals surface area contributed by atoms with Gasteiger partial charge in [0, 0.05) is 15.8 Å². The van der Waals surface area contributed by atoms with E-state index < -0.39 is 0 Å². The van der Waals surface area contributed by atoms with E-state index in [0.717, 1.165) is 39.9 Å². The van der Waals surface area contributed by atoms with Gasteiger partial charge in [0.15, 0.2) is 11.5 Å². The van der Waals surface area contributed by atoms with Crippen LogP contribution in [0.15, 0.2) is 54.6 Å². The van der Waals surface area contributed by atoms with Crippen LogP contribution in [0.25, 0.3) is 32.6 Å². The molecule has 2 aromatic carbocycles. The molecule has 2 aromatic heterocycles. The maximum Gasteiger partial charge on any atom is 0.162 e. The fraction of sp³-hybridized carbons (Fsp3) is 0.269.